The molecule has 0 spiro atoms. The number of hydrogen-bond donors (Lipinski definition) is 2. The standard InChI is InChI=1S/C15H20N2/c1-3-10-4-6-14-12(8-10)13-9-11(16-2)5-7-15(13)17-14/h4,6,8,11,16-17H,3,5,7,9H2,1-2H3. The minimum Gasteiger partial charge on any atom is -0.358 e. The number of benzene rings is 1. The number of hydrogen-bond acceptors (Lipinski definition) is 1. The first-order valence-corrected chi connectivity index (χ1v) is 6.61. The Labute approximate surface area is 102 Å². The smallest absolute Gasteiger partial charge is 0.0459 e. The lowest BCUT2D eigenvalue weighted by molar-refractivity contribution is 0.495. The van der Waals surface area contributed by atoms with Gasteiger partial charge >= 0.3 is 0 Å². The Balaban J connectivity index is 2.12. The third kappa shape index (κ3) is 1.77. The first-order valence-electron chi connectivity index (χ1n) is 6.61. The maximum atomic E-state index is 3.58. The maximum Gasteiger partial charge on any atom is 0.0459 e. The number of aryl methyl sites for hydroxylation is 2. The second-order valence-electron chi connectivity index (χ2n) is 5.04. The summed E-state index contributed by atoms with van der Waals surface area (Å²) in [5.41, 5.74) is 5.75. The minimum atomic E-state index is 0.645. The molecule has 3 rings (SSSR count). The lowest BCUT2D eigenvalue weighted by Gasteiger charge is -2.21. The number of fused-ring (bicyclic) bond motifs is 3. The Morgan fingerprint density at radius 2 is 2.29 bits per heavy atom. The van der Waals surface area contributed by atoms with Gasteiger partial charge in [-0.05, 0) is 56.0 Å². The van der Waals surface area contributed by atoms with Gasteiger partial charge < -0.3 is 10.3 Å². The summed E-state index contributed by atoms with van der Waals surface area (Å²) in [6, 6.07) is 7.48. The topological polar surface area (TPSA) is 27.8 Å². The van der Waals surface area contributed by atoms with Crippen molar-refractivity contribution in [3.63, 3.8) is 0 Å². The number of aromatic amines is 1. The van der Waals surface area contributed by atoms with E-state index in [1.54, 1.807) is 5.56 Å². The molecule has 0 fully saturated rings. The van der Waals surface area contributed by atoms with Crippen LogP contribution in [0.4, 0.5) is 0 Å². The lowest BCUT2D eigenvalue weighted by atomic mass is 9.91. The second kappa shape index (κ2) is 4.19. The molecular formula is C15H20N2. The fourth-order valence-corrected chi connectivity index (χ4v) is 2.93. The molecule has 1 aliphatic rings. The Hall–Kier alpha value is -1.28. The van der Waals surface area contributed by atoms with E-state index < -0.39 is 0 Å². The molecular weight excluding hydrogens is 208 g/mol. The summed E-state index contributed by atoms with van der Waals surface area (Å²) in [6.45, 7) is 2.22. The van der Waals surface area contributed by atoms with Gasteiger partial charge in [0.1, 0.15) is 0 Å². The molecule has 17 heavy (non-hydrogen) atoms. The van der Waals surface area contributed by atoms with E-state index >= 15 is 0 Å². The zero-order valence-electron chi connectivity index (χ0n) is 10.6. The fraction of sp³-hybridized carbons (Fsp3) is 0.467. The maximum absolute atomic E-state index is 3.58. The quantitative estimate of drug-likeness (QED) is 0.812. The van der Waals surface area contributed by atoms with E-state index in [2.05, 4.69) is 42.5 Å². The van der Waals surface area contributed by atoms with Crippen LogP contribution in [0.2, 0.25) is 0 Å². The normalized spacial score (nSPS) is 19.5. The molecule has 2 heteroatoms. The third-order valence-electron chi connectivity index (χ3n) is 4.07. The molecule has 0 saturated heterocycles. The number of aromatic nitrogens is 1. The van der Waals surface area contributed by atoms with Gasteiger partial charge in [0.25, 0.3) is 0 Å². The average Bonchev–Trinajstić information content (AvgIpc) is 2.75. The van der Waals surface area contributed by atoms with Gasteiger partial charge in [0.2, 0.25) is 0 Å². The summed E-state index contributed by atoms with van der Waals surface area (Å²) in [5, 5.41) is 4.86. The second-order valence-corrected chi connectivity index (χ2v) is 5.04. The van der Waals surface area contributed by atoms with Gasteiger partial charge in [-0.2, -0.15) is 0 Å². The molecule has 2 aromatic rings. The third-order valence-corrected chi connectivity index (χ3v) is 4.07. The van der Waals surface area contributed by atoms with Crippen LogP contribution in [0.25, 0.3) is 10.9 Å². The highest BCUT2D eigenvalue weighted by atomic mass is 14.9. The first-order chi connectivity index (χ1) is 8.31. The van der Waals surface area contributed by atoms with Gasteiger partial charge in [0, 0.05) is 22.6 Å². The molecule has 0 radical (unpaired) electrons. The van der Waals surface area contributed by atoms with Crippen molar-refractivity contribution in [3.05, 3.63) is 35.0 Å². The van der Waals surface area contributed by atoms with Gasteiger partial charge in [-0.25, -0.2) is 0 Å². The van der Waals surface area contributed by atoms with Crippen LogP contribution in [0.1, 0.15) is 30.2 Å². The lowest BCUT2D eigenvalue weighted by Crippen LogP contribution is -2.31. The molecule has 0 bridgehead atoms. The van der Waals surface area contributed by atoms with Crippen molar-refractivity contribution in [1.29, 1.82) is 0 Å². The highest BCUT2D eigenvalue weighted by Gasteiger charge is 2.21. The van der Waals surface area contributed by atoms with E-state index in [9.17, 15) is 0 Å². The SMILES string of the molecule is CCc1ccc2[nH]c3c(c2c1)CC(NC)CC3. The molecule has 1 aromatic heterocycles. The van der Waals surface area contributed by atoms with Crippen molar-refractivity contribution in [2.75, 3.05) is 7.05 Å². The van der Waals surface area contributed by atoms with Gasteiger partial charge in [-0.15, -0.1) is 0 Å². The molecule has 1 atom stereocenters. The minimum absolute atomic E-state index is 0.645. The number of H-pyrrole nitrogens is 1. The Morgan fingerprint density at radius 3 is 3.06 bits per heavy atom. The fourth-order valence-electron chi connectivity index (χ4n) is 2.93. The van der Waals surface area contributed by atoms with Crippen molar-refractivity contribution in [3.8, 4) is 0 Å². The van der Waals surface area contributed by atoms with E-state index in [0.29, 0.717) is 6.04 Å². The number of rotatable bonds is 2. The number of likely N-dealkylation sites (N-methyl/N-ethyl adjacent to an activating group) is 1. The highest BCUT2D eigenvalue weighted by Crippen LogP contribution is 2.29. The highest BCUT2D eigenvalue weighted by molar-refractivity contribution is 5.85. The molecule has 1 aliphatic carbocycles. The van der Waals surface area contributed by atoms with Gasteiger partial charge in [0.05, 0.1) is 0 Å². The van der Waals surface area contributed by atoms with Gasteiger partial charge in [-0.1, -0.05) is 13.0 Å². The summed E-state index contributed by atoms with van der Waals surface area (Å²) in [6.07, 6.45) is 4.71. The van der Waals surface area contributed by atoms with Crippen molar-refractivity contribution >= 4 is 10.9 Å². The van der Waals surface area contributed by atoms with Gasteiger partial charge in [0.15, 0.2) is 0 Å². The summed E-state index contributed by atoms with van der Waals surface area (Å²) in [7, 11) is 2.07. The first kappa shape index (κ1) is 10.8. The summed E-state index contributed by atoms with van der Waals surface area (Å²) < 4.78 is 0. The molecule has 90 valence electrons. The largest absolute Gasteiger partial charge is 0.358 e. The van der Waals surface area contributed by atoms with Gasteiger partial charge in [-0.3, -0.25) is 0 Å². The molecule has 0 amide bonds. The van der Waals surface area contributed by atoms with Crippen LogP contribution >= 0.6 is 0 Å². The Morgan fingerprint density at radius 1 is 1.41 bits per heavy atom. The predicted molar refractivity (Wildman–Crippen MR) is 72.5 cm³/mol. The zero-order chi connectivity index (χ0) is 11.8. The predicted octanol–water partition coefficient (Wildman–Crippen LogP) is 2.81. The molecule has 1 aromatic carbocycles. The summed E-state index contributed by atoms with van der Waals surface area (Å²) in [5.74, 6) is 0. The van der Waals surface area contributed by atoms with Crippen LogP contribution in [0.5, 0.6) is 0 Å². The van der Waals surface area contributed by atoms with Crippen LogP contribution < -0.4 is 5.32 Å². The average molecular weight is 228 g/mol. The molecule has 2 nitrogen and oxygen atoms in total. The summed E-state index contributed by atoms with van der Waals surface area (Å²) >= 11 is 0. The van der Waals surface area contributed by atoms with Crippen LogP contribution in [-0.4, -0.2) is 18.1 Å². The van der Waals surface area contributed by atoms with E-state index in [-0.39, 0.29) is 0 Å². The number of nitrogens with one attached hydrogen (secondary N) is 2. The summed E-state index contributed by atoms with van der Waals surface area (Å²) in [4.78, 5) is 3.58. The molecule has 0 aliphatic heterocycles. The van der Waals surface area contributed by atoms with Crippen LogP contribution in [-0.2, 0) is 19.3 Å². The van der Waals surface area contributed by atoms with Crippen molar-refractivity contribution in [1.82, 2.24) is 10.3 Å². The molecule has 1 unspecified atom stereocenters. The van der Waals surface area contributed by atoms with Crippen molar-refractivity contribution in [2.45, 2.75) is 38.6 Å². The van der Waals surface area contributed by atoms with Crippen molar-refractivity contribution in [2.24, 2.45) is 0 Å². The molecule has 1 heterocycles. The monoisotopic (exact) mass is 228 g/mol. The Bertz CT molecular complexity index is 539. The zero-order valence-corrected chi connectivity index (χ0v) is 10.6. The van der Waals surface area contributed by atoms with Crippen molar-refractivity contribution < 1.29 is 0 Å². The van der Waals surface area contributed by atoms with E-state index in [4.69, 9.17) is 0 Å². The van der Waals surface area contributed by atoms with Crippen LogP contribution in [0, 0.1) is 0 Å². The van der Waals surface area contributed by atoms with E-state index in [0.717, 1.165) is 6.42 Å². The van der Waals surface area contributed by atoms with E-state index in [1.165, 1.54) is 41.4 Å². The Kier molecular flexibility index (Phi) is 2.67. The molecule has 0 saturated carbocycles. The molecule has 2 N–H and O–H groups in total. The van der Waals surface area contributed by atoms with E-state index in [1.807, 2.05) is 0 Å². The van der Waals surface area contributed by atoms with Crippen LogP contribution in [0.3, 0.4) is 0 Å². The van der Waals surface area contributed by atoms with Crippen LogP contribution in [0.15, 0.2) is 18.2 Å².